The fourth-order valence-corrected chi connectivity index (χ4v) is 4.42. The van der Waals surface area contributed by atoms with E-state index in [2.05, 4.69) is 20.3 Å². The molecular weight excluding hydrogens is 372 g/mol. The van der Waals surface area contributed by atoms with Crippen molar-refractivity contribution in [1.82, 2.24) is 24.7 Å². The van der Waals surface area contributed by atoms with E-state index in [1.54, 1.807) is 18.6 Å². The highest BCUT2D eigenvalue weighted by Crippen LogP contribution is 2.40. The van der Waals surface area contributed by atoms with Gasteiger partial charge in [0.2, 0.25) is 11.1 Å². The zero-order valence-electron chi connectivity index (χ0n) is 15.1. The second kappa shape index (κ2) is 7.20. The Labute approximate surface area is 166 Å². The molecule has 3 aromatic heterocycles. The Balaban J connectivity index is 1.51. The third kappa shape index (κ3) is 3.09. The van der Waals surface area contributed by atoms with Gasteiger partial charge in [0.1, 0.15) is 6.04 Å². The van der Waals surface area contributed by atoms with Gasteiger partial charge < -0.3 is 5.32 Å². The first kappa shape index (κ1) is 17.1. The van der Waals surface area contributed by atoms with Gasteiger partial charge in [0.15, 0.2) is 5.78 Å². The van der Waals surface area contributed by atoms with Crippen molar-refractivity contribution in [3.05, 3.63) is 71.4 Å². The Kier molecular flexibility index (Phi) is 4.40. The smallest absolute Gasteiger partial charge is 0.227 e. The van der Waals surface area contributed by atoms with Crippen molar-refractivity contribution in [3.8, 4) is 0 Å². The summed E-state index contributed by atoms with van der Waals surface area (Å²) < 4.78 is 1.83. The number of thioether (sulfide) groups is 1. The first-order chi connectivity index (χ1) is 13.8. The predicted molar refractivity (Wildman–Crippen MR) is 106 cm³/mol. The molecule has 0 aromatic carbocycles. The van der Waals surface area contributed by atoms with E-state index in [0.717, 1.165) is 35.4 Å². The number of carbonyl (C=O) groups excluding carboxylic acids is 1. The van der Waals surface area contributed by atoms with Crippen molar-refractivity contribution in [3.63, 3.8) is 0 Å². The summed E-state index contributed by atoms with van der Waals surface area (Å²) in [6.45, 7) is 0. The fourth-order valence-electron chi connectivity index (χ4n) is 3.67. The Morgan fingerprint density at radius 2 is 2.04 bits per heavy atom. The van der Waals surface area contributed by atoms with Crippen LogP contribution in [0, 0.1) is 0 Å². The van der Waals surface area contributed by atoms with E-state index in [9.17, 15) is 4.79 Å². The molecule has 0 radical (unpaired) electrons. The summed E-state index contributed by atoms with van der Waals surface area (Å²) in [4.78, 5) is 25.9. The molecule has 0 bridgehead atoms. The highest BCUT2D eigenvalue weighted by atomic mass is 32.2. The predicted octanol–water partition coefficient (Wildman–Crippen LogP) is 3.38. The summed E-state index contributed by atoms with van der Waals surface area (Å²) in [5.41, 5.74) is 3.74. The summed E-state index contributed by atoms with van der Waals surface area (Å²) in [7, 11) is 0. The molecule has 140 valence electrons. The number of carbonyl (C=O) groups is 1. The lowest BCUT2D eigenvalue weighted by Crippen LogP contribution is -2.31. The number of Topliss-reactive ketones (excluding diaryl/α,β-unsaturated/α-hetero) is 1. The van der Waals surface area contributed by atoms with Crippen molar-refractivity contribution in [2.45, 2.75) is 36.2 Å². The minimum Gasteiger partial charge on any atom is -0.328 e. The molecule has 1 N–H and O–H groups in total. The van der Waals surface area contributed by atoms with Crippen LogP contribution in [-0.2, 0) is 10.5 Å². The maximum atomic E-state index is 12.8. The molecule has 8 heteroatoms. The van der Waals surface area contributed by atoms with E-state index >= 15 is 0 Å². The van der Waals surface area contributed by atoms with Gasteiger partial charge in [-0.05, 0) is 42.7 Å². The number of rotatable bonds is 4. The Morgan fingerprint density at radius 1 is 1.14 bits per heavy atom. The molecule has 1 aliphatic heterocycles. The summed E-state index contributed by atoms with van der Waals surface area (Å²) in [5.74, 6) is 1.55. The van der Waals surface area contributed by atoms with Crippen LogP contribution in [0.2, 0.25) is 0 Å². The van der Waals surface area contributed by atoms with Crippen LogP contribution in [0.15, 0.2) is 65.3 Å². The lowest BCUT2D eigenvalue weighted by Gasteiger charge is -2.32. The Hall–Kier alpha value is -3.00. The topological polar surface area (TPSA) is 85.6 Å². The molecule has 1 atom stereocenters. The van der Waals surface area contributed by atoms with E-state index in [-0.39, 0.29) is 11.8 Å². The van der Waals surface area contributed by atoms with Gasteiger partial charge in [0.05, 0.1) is 5.69 Å². The maximum Gasteiger partial charge on any atom is 0.227 e. The number of pyridine rings is 2. The molecule has 3 aromatic rings. The average Bonchev–Trinajstić information content (AvgIpc) is 3.15. The normalized spacial score (nSPS) is 18.4. The van der Waals surface area contributed by atoms with Gasteiger partial charge in [-0.1, -0.05) is 17.8 Å². The number of ketones is 1. The second-order valence-electron chi connectivity index (χ2n) is 6.75. The van der Waals surface area contributed by atoms with E-state index < -0.39 is 0 Å². The summed E-state index contributed by atoms with van der Waals surface area (Å²) in [6.07, 6.45) is 7.57. The van der Waals surface area contributed by atoms with Crippen LogP contribution in [0.4, 0.5) is 5.95 Å². The van der Waals surface area contributed by atoms with Gasteiger partial charge >= 0.3 is 0 Å². The molecule has 0 amide bonds. The fraction of sp³-hybridized carbons (Fsp3) is 0.250. The summed E-state index contributed by atoms with van der Waals surface area (Å²) in [6, 6.07) is 9.47. The van der Waals surface area contributed by atoms with Crippen molar-refractivity contribution in [1.29, 1.82) is 0 Å². The van der Waals surface area contributed by atoms with Crippen molar-refractivity contribution in [2.24, 2.45) is 0 Å². The van der Waals surface area contributed by atoms with Crippen LogP contribution in [0.3, 0.4) is 0 Å². The van der Waals surface area contributed by atoms with Crippen molar-refractivity contribution >= 4 is 23.5 Å². The van der Waals surface area contributed by atoms with Gasteiger partial charge in [-0.3, -0.25) is 14.8 Å². The third-order valence-corrected chi connectivity index (χ3v) is 5.82. The zero-order chi connectivity index (χ0) is 18.9. The molecular formula is C20H18N6OS. The monoisotopic (exact) mass is 390 g/mol. The van der Waals surface area contributed by atoms with E-state index in [1.165, 1.54) is 11.8 Å². The van der Waals surface area contributed by atoms with E-state index in [4.69, 9.17) is 5.10 Å². The molecule has 2 aliphatic rings. The van der Waals surface area contributed by atoms with Gasteiger partial charge in [0, 0.05) is 42.0 Å². The van der Waals surface area contributed by atoms with Gasteiger partial charge in [-0.2, -0.15) is 4.98 Å². The quantitative estimate of drug-likeness (QED) is 0.684. The van der Waals surface area contributed by atoms with Gasteiger partial charge in [0.25, 0.3) is 0 Å². The molecule has 7 nitrogen and oxygen atoms in total. The molecule has 0 unspecified atom stereocenters. The minimum atomic E-state index is -0.265. The van der Waals surface area contributed by atoms with Crippen LogP contribution >= 0.6 is 11.8 Å². The number of aromatic nitrogens is 5. The molecule has 0 fully saturated rings. The highest BCUT2D eigenvalue weighted by molar-refractivity contribution is 7.98. The van der Waals surface area contributed by atoms with Crippen molar-refractivity contribution < 1.29 is 4.79 Å². The summed E-state index contributed by atoms with van der Waals surface area (Å²) >= 11 is 1.54. The summed E-state index contributed by atoms with van der Waals surface area (Å²) in [5, 5.41) is 8.74. The average molecular weight is 390 g/mol. The maximum absolute atomic E-state index is 12.8. The first-order valence-electron chi connectivity index (χ1n) is 9.22. The Bertz CT molecular complexity index is 1050. The molecule has 1 aliphatic carbocycles. The van der Waals surface area contributed by atoms with Gasteiger partial charge in [-0.15, -0.1) is 5.10 Å². The standard InChI is InChI=1S/C20H18N6OS/c27-16-6-3-5-15-17(16)18(13-7-10-21-11-8-13)26-19(23-15)24-20(25-26)28-12-14-4-1-2-9-22-14/h1-2,4,7-11,18H,3,5-6,12H2,(H,23,24,25)/t18-/m0/s1. The van der Waals surface area contributed by atoms with E-state index in [0.29, 0.717) is 23.3 Å². The van der Waals surface area contributed by atoms with Crippen LogP contribution in [0.1, 0.15) is 36.6 Å². The van der Waals surface area contributed by atoms with Crippen molar-refractivity contribution in [2.75, 3.05) is 5.32 Å². The van der Waals surface area contributed by atoms with Crippen LogP contribution < -0.4 is 5.32 Å². The third-order valence-electron chi connectivity index (χ3n) is 4.95. The number of anilines is 1. The number of hydrogen-bond donors (Lipinski definition) is 1. The molecule has 4 heterocycles. The number of nitrogens with one attached hydrogen (secondary N) is 1. The second-order valence-corrected chi connectivity index (χ2v) is 7.69. The molecule has 0 spiro atoms. The number of nitrogens with zero attached hydrogens (tertiary/aromatic N) is 5. The van der Waals surface area contributed by atoms with Gasteiger partial charge in [-0.25, -0.2) is 4.68 Å². The van der Waals surface area contributed by atoms with Crippen LogP contribution in [-0.4, -0.2) is 30.5 Å². The van der Waals surface area contributed by atoms with E-state index in [1.807, 2.05) is 35.0 Å². The lowest BCUT2D eigenvalue weighted by atomic mass is 9.86. The molecule has 0 saturated carbocycles. The molecule has 0 saturated heterocycles. The highest BCUT2D eigenvalue weighted by Gasteiger charge is 2.36. The van der Waals surface area contributed by atoms with Crippen LogP contribution in [0.5, 0.6) is 0 Å². The number of fused-ring (bicyclic) bond motifs is 1. The largest absolute Gasteiger partial charge is 0.328 e. The van der Waals surface area contributed by atoms with Crippen LogP contribution in [0.25, 0.3) is 0 Å². The molecule has 28 heavy (non-hydrogen) atoms. The SMILES string of the molecule is O=C1CCCC2=C1[C@H](c1ccncc1)n1nc(SCc3ccccn3)nc1N2. The molecule has 5 rings (SSSR count). The number of hydrogen-bond acceptors (Lipinski definition) is 7. The lowest BCUT2D eigenvalue weighted by molar-refractivity contribution is -0.116. The zero-order valence-corrected chi connectivity index (χ0v) is 15.9. The number of allylic oxidation sites excluding steroid dienone is 2. The first-order valence-corrected chi connectivity index (χ1v) is 10.2. The minimum absolute atomic E-state index is 0.180. The Morgan fingerprint density at radius 3 is 2.86 bits per heavy atom.